The monoisotopic (exact) mass is 423 g/mol. The van der Waals surface area contributed by atoms with E-state index in [4.69, 9.17) is 10.6 Å². The number of carbonyl (C=O) groups is 1. The lowest BCUT2D eigenvalue weighted by Crippen LogP contribution is -2.47. The number of nitrogens with zero attached hydrogens (tertiary/aromatic N) is 4. The maximum absolute atomic E-state index is 12.3. The summed E-state index contributed by atoms with van der Waals surface area (Å²) in [6.07, 6.45) is 5.69. The molecule has 1 aliphatic carbocycles. The number of aliphatic hydroxyl groups is 1. The van der Waals surface area contributed by atoms with Crippen LogP contribution in [0.2, 0.25) is 0 Å². The number of rotatable bonds is 7. The number of hydrogen-bond acceptors (Lipinski definition) is 8. The molecule has 0 radical (unpaired) electrons. The van der Waals surface area contributed by atoms with Gasteiger partial charge in [-0.3, -0.25) is 19.9 Å². The molecule has 1 aliphatic rings. The molecule has 10 nitrogen and oxygen atoms in total. The quantitative estimate of drug-likeness (QED) is 0.195. The first-order valence-corrected chi connectivity index (χ1v) is 9.91. The van der Waals surface area contributed by atoms with Crippen LogP contribution < -0.4 is 21.3 Å². The second kappa shape index (κ2) is 7.97. The largest absolute Gasteiger partial charge is 0.456 e. The Morgan fingerprint density at radius 1 is 1.23 bits per heavy atom. The van der Waals surface area contributed by atoms with E-state index in [1.165, 1.54) is 6.20 Å². The van der Waals surface area contributed by atoms with Crippen LogP contribution in [0.1, 0.15) is 13.8 Å². The molecule has 0 aliphatic heterocycles. The molecule has 0 aromatic carbocycles. The molecule has 4 rings (SSSR count). The predicted molar refractivity (Wildman–Crippen MR) is 113 cm³/mol. The van der Waals surface area contributed by atoms with E-state index >= 15 is 0 Å². The third kappa shape index (κ3) is 3.71. The maximum Gasteiger partial charge on any atom is 0.245 e. The summed E-state index contributed by atoms with van der Waals surface area (Å²) >= 11 is 0. The van der Waals surface area contributed by atoms with Crippen LogP contribution in [0.15, 0.2) is 49.1 Å². The van der Waals surface area contributed by atoms with Gasteiger partial charge in [-0.1, -0.05) is 13.8 Å². The molecule has 3 heterocycles. The first-order valence-electron chi connectivity index (χ1n) is 9.91. The minimum absolute atomic E-state index is 0.0122. The topological polar surface area (TPSA) is 140 Å². The van der Waals surface area contributed by atoms with Crippen molar-refractivity contribution < 1.29 is 14.6 Å². The Morgan fingerprint density at radius 2 is 2.00 bits per heavy atom. The third-order valence-electron chi connectivity index (χ3n) is 6.11. The number of hydrogen-bond donors (Lipinski definition) is 4. The number of amides is 1. The number of aryl methyl sites for hydroxylation is 1. The van der Waals surface area contributed by atoms with Crippen molar-refractivity contribution in [3.8, 4) is 22.8 Å². The molecule has 3 unspecified atom stereocenters. The van der Waals surface area contributed by atoms with Crippen LogP contribution in [0.25, 0.3) is 11.3 Å². The molecule has 31 heavy (non-hydrogen) atoms. The molecule has 0 bridgehead atoms. The first kappa shape index (κ1) is 20.8. The van der Waals surface area contributed by atoms with E-state index in [-0.39, 0.29) is 11.8 Å². The Kier molecular flexibility index (Phi) is 5.34. The van der Waals surface area contributed by atoms with E-state index in [0.29, 0.717) is 17.3 Å². The Hall–Kier alpha value is -3.50. The number of carbonyl (C=O) groups excluding carboxylic acids is 1. The van der Waals surface area contributed by atoms with Crippen molar-refractivity contribution in [2.45, 2.75) is 20.1 Å². The Morgan fingerprint density at radius 3 is 2.58 bits per heavy atom. The number of hydrazine groups is 1. The van der Waals surface area contributed by atoms with Crippen molar-refractivity contribution in [2.24, 2.45) is 30.1 Å². The van der Waals surface area contributed by atoms with Gasteiger partial charge in [0.1, 0.15) is 29.0 Å². The van der Waals surface area contributed by atoms with Gasteiger partial charge in [-0.05, 0) is 30.0 Å². The second-order valence-corrected chi connectivity index (χ2v) is 7.79. The van der Waals surface area contributed by atoms with E-state index in [1.807, 2.05) is 33.2 Å². The average Bonchev–Trinajstić information content (AvgIpc) is 3.09. The van der Waals surface area contributed by atoms with E-state index < -0.39 is 17.6 Å². The lowest BCUT2D eigenvalue weighted by atomic mass is 9.99. The highest BCUT2D eigenvalue weighted by Gasteiger charge is 2.68. The third-order valence-corrected chi connectivity index (χ3v) is 6.11. The highest BCUT2D eigenvalue weighted by atomic mass is 16.5. The van der Waals surface area contributed by atoms with Gasteiger partial charge in [0.2, 0.25) is 5.91 Å². The molecule has 1 saturated carbocycles. The minimum atomic E-state index is -1.12. The van der Waals surface area contributed by atoms with Gasteiger partial charge in [0, 0.05) is 31.1 Å². The van der Waals surface area contributed by atoms with Crippen molar-refractivity contribution in [1.29, 1.82) is 0 Å². The fourth-order valence-corrected chi connectivity index (χ4v) is 4.08. The summed E-state index contributed by atoms with van der Waals surface area (Å²) in [6.45, 7) is 3.81. The molecule has 3 atom stereocenters. The van der Waals surface area contributed by atoms with Crippen LogP contribution in [0, 0.1) is 17.3 Å². The number of ether oxygens (including phenoxy) is 1. The smallest absolute Gasteiger partial charge is 0.245 e. The maximum atomic E-state index is 12.3. The van der Waals surface area contributed by atoms with Crippen molar-refractivity contribution in [3.05, 3.63) is 49.1 Å². The zero-order valence-electron chi connectivity index (χ0n) is 17.5. The summed E-state index contributed by atoms with van der Waals surface area (Å²) in [5.74, 6) is 6.44. The highest BCUT2D eigenvalue weighted by Crippen LogP contribution is 2.60. The van der Waals surface area contributed by atoms with Crippen LogP contribution in [-0.2, 0) is 11.8 Å². The normalized spacial score (nSPS) is 23.1. The van der Waals surface area contributed by atoms with E-state index in [1.54, 1.807) is 35.3 Å². The lowest BCUT2D eigenvalue weighted by Gasteiger charge is -2.24. The fraction of sp³-hybridized carbons (Fsp3) is 0.333. The molecule has 1 fully saturated rings. The van der Waals surface area contributed by atoms with Gasteiger partial charge in [0.05, 0.1) is 18.1 Å². The molecule has 5 N–H and O–H groups in total. The molecular formula is C21H25N7O3. The van der Waals surface area contributed by atoms with Crippen molar-refractivity contribution in [2.75, 3.05) is 5.32 Å². The number of aromatic nitrogens is 4. The fourth-order valence-electron chi connectivity index (χ4n) is 4.08. The first-order chi connectivity index (χ1) is 14.9. The van der Waals surface area contributed by atoms with Crippen molar-refractivity contribution in [1.82, 2.24) is 25.2 Å². The van der Waals surface area contributed by atoms with Crippen LogP contribution in [0.3, 0.4) is 0 Å². The van der Waals surface area contributed by atoms with Crippen LogP contribution >= 0.6 is 0 Å². The number of pyridine rings is 2. The summed E-state index contributed by atoms with van der Waals surface area (Å²) in [7, 11) is 1.84. The molecule has 0 saturated heterocycles. The highest BCUT2D eigenvalue weighted by molar-refractivity contribution is 5.87. The number of nitrogens with two attached hydrogens (primary N) is 1. The zero-order valence-corrected chi connectivity index (χ0v) is 17.5. The van der Waals surface area contributed by atoms with Gasteiger partial charge >= 0.3 is 0 Å². The van der Waals surface area contributed by atoms with Crippen molar-refractivity contribution in [3.63, 3.8) is 0 Å². The number of aliphatic hydroxyl groups excluding tert-OH is 1. The molecule has 3 aromatic rings. The summed E-state index contributed by atoms with van der Waals surface area (Å²) in [5.41, 5.74) is 2.81. The number of nitrogens with one attached hydrogen (secondary N) is 2. The molecule has 1 amide bonds. The Bertz CT molecular complexity index is 1070. The van der Waals surface area contributed by atoms with Gasteiger partial charge in [-0.25, -0.2) is 10.8 Å². The zero-order chi connectivity index (χ0) is 22.2. The number of anilines is 1. The molecule has 162 valence electrons. The summed E-state index contributed by atoms with van der Waals surface area (Å²) in [4.78, 5) is 20.9. The summed E-state index contributed by atoms with van der Waals surface area (Å²) < 4.78 is 7.58. The predicted octanol–water partition coefficient (Wildman–Crippen LogP) is 1.66. The van der Waals surface area contributed by atoms with E-state index in [0.717, 1.165) is 11.3 Å². The van der Waals surface area contributed by atoms with Crippen molar-refractivity contribution >= 4 is 11.7 Å². The molecule has 3 aromatic heterocycles. The second-order valence-electron chi connectivity index (χ2n) is 7.79. The van der Waals surface area contributed by atoms with Gasteiger partial charge < -0.3 is 15.2 Å². The van der Waals surface area contributed by atoms with Gasteiger partial charge in [-0.2, -0.15) is 5.10 Å². The van der Waals surface area contributed by atoms with Crippen LogP contribution in [-0.4, -0.2) is 37.0 Å². The SMILES string of the molecule is CC1C(C)C1(C(=O)NN)C(O)Nc1ccc(Oc2ccnc(-c3cnn(C)c3)c2)cn1. The van der Waals surface area contributed by atoms with Crippen LogP contribution in [0.4, 0.5) is 5.82 Å². The van der Waals surface area contributed by atoms with Gasteiger partial charge in [-0.15, -0.1) is 0 Å². The van der Waals surface area contributed by atoms with Crippen LogP contribution in [0.5, 0.6) is 11.5 Å². The molecular weight excluding hydrogens is 398 g/mol. The average molecular weight is 423 g/mol. The minimum Gasteiger partial charge on any atom is -0.456 e. The summed E-state index contributed by atoms with van der Waals surface area (Å²) in [6, 6.07) is 6.97. The van der Waals surface area contributed by atoms with E-state index in [2.05, 4.69) is 25.8 Å². The Labute approximate surface area is 179 Å². The Balaban J connectivity index is 1.44. The van der Waals surface area contributed by atoms with Gasteiger partial charge in [0.15, 0.2) is 0 Å². The van der Waals surface area contributed by atoms with E-state index in [9.17, 15) is 9.90 Å². The molecule has 0 spiro atoms. The van der Waals surface area contributed by atoms with Gasteiger partial charge in [0.25, 0.3) is 0 Å². The standard InChI is InChI=1S/C21H25N7O3/c1-12-13(2)21(12,20(30)27-22)19(29)26-18-5-4-16(10-24-18)31-15-6-7-23-17(8-15)14-9-25-28(3)11-14/h4-13,19,29H,22H2,1-3H3,(H,24,26)(H,27,30). The molecule has 10 heteroatoms. The lowest BCUT2D eigenvalue weighted by molar-refractivity contribution is -0.131. The summed E-state index contributed by atoms with van der Waals surface area (Å²) in [5, 5.41) is 17.7.